The highest BCUT2D eigenvalue weighted by atomic mass is 15.2. The normalized spacial score (nSPS) is 30.6. The summed E-state index contributed by atoms with van der Waals surface area (Å²) >= 11 is 0. The maximum Gasteiger partial charge on any atom is 0.0144 e. The number of hydrogen-bond donors (Lipinski definition) is 0. The fourth-order valence-corrected chi connectivity index (χ4v) is 3.22. The minimum absolute atomic E-state index is 0.415. The van der Waals surface area contributed by atoms with Crippen LogP contribution in [0.4, 0.5) is 0 Å². The molecule has 15 heavy (non-hydrogen) atoms. The van der Waals surface area contributed by atoms with Crippen molar-refractivity contribution in [3.63, 3.8) is 0 Å². The van der Waals surface area contributed by atoms with Gasteiger partial charge in [0.25, 0.3) is 0 Å². The molecule has 0 bridgehead atoms. The molecule has 1 rings (SSSR count). The molecule has 90 valence electrons. The van der Waals surface area contributed by atoms with Gasteiger partial charge in [-0.2, -0.15) is 0 Å². The largest absolute Gasteiger partial charge is 0.299 e. The summed E-state index contributed by atoms with van der Waals surface area (Å²) in [6.07, 6.45) is 4.13. The molecule has 2 atom stereocenters. The zero-order valence-electron chi connectivity index (χ0n) is 11.7. The monoisotopic (exact) mass is 211 g/mol. The summed E-state index contributed by atoms with van der Waals surface area (Å²) in [7, 11) is 2.32. The fraction of sp³-hybridized carbons (Fsp3) is 1.00. The van der Waals surface area contributed by atoms with Crippen molar-refractivity contribution >= 4 is 0 Å². The van der Waals surface area contributed by atoms with Crippen molar-refractivity contribution in [1.82, 2.24) is 4.90 Å². The summed E-state index contributed by atoms with van der Waals surface area (Å²) in [6, 6.07) is 1.49. The lowest BCUT2D eigenvalue weighted by Crippen LogP contribution is -2.54. The predicted molar refractivity (Wildman–Crippen MR) is 68.1 cm³/mol. The van der Waals surface area contributed by atoms with E-state index < -0.39 is 0 Å². The van der Waals surface area contributed by atoms with Crippen molar-refractivity contribution in [2.75, 3.05) is 7.05 Å². The summed E-state index contributed by atoms with van der Waals surface area (Å²) in [4.78, 5) is 2.64. The Morgan fingerprint density at radius 3 is 1.40 bits per heavy atom. The molecule has 1 fully saturated rings. The zero-order chi connectivity index (χ0) is 11.9. The van der Waals surface area contributed by atoms with Crippen molar-refractivity contribution in [2.24, 2.45) is 10.8 Å². The third kappa shape index (κ3) is 2.96. The first-order chi connectivity index (χ1) is 6.64. The maximum absolute atomic E-state index is 2.64. The van der Waals surface area contributed by atoms with Gasteiger partial charge in [0.1, 0.15) is 0 Å². The van der Waals surface area contributed by atoms with Crippen LogP contribution in [0.1, 0.15) is 60.8 Å². The topological polar surface area (TPSA) is 3.24 Å². The number of nitrogens with zero attached hydrogens (tertiary/aromatic N) is 1. The second-order valence-electron chi connectivity index (χ2n) is 7.36. The summed E-state index contributed by atoms with van der Waals surface area (Å²) in [6.45, 7) is 14.2. The Hall–Kier alpha value is -0.0400. The third-order valence-electron chi connectivity index (χ3n) is 3.94. The van der Waals surface area contributed by atoms with Gasteiger partial charge >= 0.3 is 0 Å². The lowest BCUT2D eigenvalue weighted by atomic mass is 9.74. The van der Waals surface area contributed by atoms with Crippen LogP contribution in [-0.4, -0.2) is 24.0 Å². The molecular formula is C14H29N. The van der Waals surface area contributed by atoms with Gasteiger partial charge in [0, 0.05) is 12.1 Å². The third-order valence-corrected chi connectivity index (χ3v) is 3.94. The van der Waals surface area contributed by atoms with E-state index in [9.17, 15) is 0 Å². The summed E-state index contributed by atoms with van der Waals surface area (Å²) in [5.74, 6) is 0. The van der Waals surface area contributed by atoms with Gasteiger partial charge in [-0.1, -0.05) is 48.0 Å². The lowest BCUT2D eigenvalue weighted by molar-refractivity contribution is -0.00467. The quantitative estimate of drug-likeness (QED) is 0.587. The molecule has 1 saturated heterocycles. The van der Waals surface area contributed by atoms with E-state index in [1.165, 1.54) is 19.3 Å². The van der Waals surface area contributed by atoms with Crippen LogP contribution in [0.3, 0.4) is 0 Å². The standard InChI is InChI=1S/C14H29N/c1-13(2,3)11-9-8-10-12(15(11)7)14(4,5)6/h11-12H,8-10H2,1-7H3/t11-,12+. The second kappa shape index (κ2) is 4.08. The Labute approximate surface area is 96.2 Å². The molecule has 0 radical (unpaired) electrons. The highest BCUT2D eigenvalue weighted by Gasteiger charge is 2.39. The summed E-state index contributed by atoms with van der Waals surface area (Å²) < 4.78 is 0. The van der Waals surface area contributed by atoms with Crippen LogP contribution in [0.25, 0.3) is 0 Å². The molecule has 0 saturated carbocycles. The highest BCUT2D eigenvalue weighted by Crippen LogP contribution is 2.39. The van der Waals surface area contributed by atoms with Gasteiger partial charge in [0.15, 0.2) is 0 Å². The Bertz CT molecular complexity index is 184. The lowest BCUT2D eigenvalue weighted by Gasteiger charge is -2.50. The Morgan fingerprint density at radius 2 is 1.13 bits per heavy atom. The second-order valence-corrected chi connectivity index (χ2v) is 7.36. The predicted octanol–water partition coefficient (Wildman–Crippen LogP) is 3.93. The number of likely N-dealkylation sites (tertiary alicyclic amines) is 1. The molecule has 0 amide bonds. The minimum Gasteiger partial charge on any atom is -0.299 e. The Balaban J connectivity index is 2.81. The van der Waals surface area contributed by atoms with E-state index in [1.807, 2.05) is 0 Å². The minimum atomic E-state index is 0.415. The van der Waals surface area contributed by atoms with Crippen molar-refractivity contribution in [3.05, 3.63) is 0 Å². The summed E-state index contributed by atoms with van der Waals surface area (Å²) in [5.41, 5.74) is 0.831. The van der Waals surface area contributed by atoms with Crippen molar-refractivity contribution in [1.29, 1.82) is 0 Å². The molecule has 1 heterocycles. The van der Waals surface area contributed by atoms with Crippen LogP contribution in [0.2, 0.25) is 0 Å². The van der Waals surface area contributed by atoms with E-state index in [1.54, 1.807) is 0 Å². The van der Waals surface area contributed by atoms with E-state index in [-0.39, 0.29) is 0 Å². The Kier molecular flexibility index (Phi) is 3.55. The van der Waals surface area contributed by atoms with Gasteiger partial charge < -0.3 is 0 Å². The smallest absolute Gasteiger partial charge is 0.0144 e. The first-order valence-corrected chi connectivity index (χ1v) is 6.36. The number of rotatable bonds is 0. The average Bonchev–Trinajstić information content (AvgIpc) is 1.99. The SMILES string of the molecule is CN1[C@H](C(C)(C)C)CCC[C@@H]1C(C)(C)C. The molecule has 0 N–H and O–H groups in total. The number of piperidine rings is 1. The van der Waals surface area contributed by atoms with Crippen molar-refractivity contribution in [3.8, 4) is 0 Å². The molecule has 1 aliphatic heterocycles. The molecule has 0 aromatic rings. The molecule has 0 aromatic heterocycles. The van der Waals surface area contributed by atoms with Gasteiger partial charge in [-0.3, -0.25) is 4.90 Å². The molecule has 0 spiro atoms. The first kappa shape index (κ1) is 13.0. The van der Waals surface area contributed by atoms with Gasteiger partial charge in [-0.15, -0.1) is 0 Å². The van der Waals surface area contributed by atoms with Crippen LogP contribution in [-0.2, 0) is 0 Å². The van der Waals surface area contributed by atoms with E-state index in [0.717, 1.165) is 12.1 Å². The molecular weight excluding hydrogens is 182 g/mol. The Morgan fingerprint density at radius 1 is 0.800 bits per heavy atom. The highest BCUT2D eigenvalue weighted by molar-refractivity contribution is 4.93. The van der Waals surface area contributed by atoms with Crippen molar-refractivity contribution in [2.45, 2.75) is 72.9 Å². The van der Waals surface area contributed by atoms with E-state index >= 15 is 0 Å². The van der Waals surface area contributed by atoms with Crippen LogP contribution in [0.15, 0.2) is 0 Å². The van der Waals surface area contributed by atoms with Gasteiger partial charge in [0.2, 0.25) is 0 Å². The molecule has 1 heteroatoms. The van der Waals surface area contributed by atoms with Crippen LogP contribution < -0.4 is 0 Å². The molecule has 1 aliphatic rings. The summed E-state index contributed by atoms with van der Waals surface area (Å²) in [5, 5.41) is 0. The van der Waals surface area contributed by atoms with Crippen molar-refractivity contribution < 1.29 is 0 Å². The molecule has 0 unspecified atom stereocenters. The zero-order valence-corrected chi connectivity index (χ0v) is 11.7. The first-order valence-electron chi connectivity index (χ1n) is 6.36. The number of hydrogen-bond acceptors (Lipinski definition) is 1. The average molecular weight is 211 g/mol. The van der Waals surface area contributed by atoms with E-state index in [4.69, 9.17) is 0 Å². The molecule has 1 nitrogen and oxygen atoms in total. The van der Waals surface area contributed by atoms with Crippen LogP contribution in [0.5, 0.6) is 0 Å². The maximum atomic E-state index is 2.64. The molecule has 0 aromatic carbocycles. The fourth-order valence-electron chi connectivity index (χ4n) is 3.22. The molecule has 0 aliphatic carbocycles. The van der Waals surface area contributed by atoms with E-state index in [2.05, 4.69) is 53.5 Å². The van der Waals surface area contributed by atoms with Crippen LogP contribution >= 0.6 is 0 Å². The van der Waals surface area contributed by atoms with E-state index in [0.29, 0.717) is 10.8 Å². The van der Waals surface area contributed by atoms with Crippen LogP contribution in [0, 0.1) is 10.8 Å². The van der Waals surface area contributed by atoms with Gasteiger partial charge in [-0.25, -0.2) is 0 Å². The van der Waals surface area contributed by atoms with Gasteiger partial charge in [0.05, 0.1) is 0 Å². The van der Waals surface area contributed by atoms with Gasteiger partial charge in [-0.05, 0) is 30.7 Å².